The van der Waals surface area contributed by atoms with E-state index in [9.17, 15) is 4.79 Å². The molecule has 8 heteroatoms. The maximum absolute atomic E-state index is 11.9. The Morgan fingerprint density at radius 1 is 1.04 bits per heavy atom. The fraction of sp³-hybridized carbons (Fsp3) is 0.0625. The van der Waals surface area contributed by atoms with E-state index in [1.165, 1.54) is 0 Å². The van der Waals surface area contributed by atoms with Crippen LogP contribution in [0.25, 0.3) is 0 Å². The molecule has 0 atom stereocenters. The fourth-order valence-electron chi connectivity index (χ4n) is 1.82. The topological polar surface area (TPSA) is 91.5 Å². The molecular weight excluding hydrogens is 346 g/mol. The summed E-state index contributed by atoms with van der Waals surface area (Å²) >= 11 is 10.5. The second-order valence-corrected chi connectivity index (χ2v) is 5.71. The lowest BCUT2D eigenvalue weighted by Crippen LogP contribution is -2.25. The van der Waals surface area contributed by atoms with Crippen LogP contribution < -0.4 is 21.8 Å². The minimum absolute atomic E-state index is 0.103. The SMILES string of the molecule is C/C(=N/NC(N)=S)c1ccc(NC(=O)Nc2ccc(Cl)cc2)cc1. The van der Waals surface area contributed by atoms with Crippen molar-refractivity contribution in [3.8, 4) is 0 Å². The van der Waals surface area contributed by atoms with Gasteiger partial charge < -0.3 is 16.4 Å². The Bertz CT molecular complexity index is 759. The van der Waals surface area contributed by atoms with Crippen LogP contribution >= 0.6 is 23.8 Å². The zero-order valence-electron chi connectivity index (χ0n) is 12.8. The molecule has 2 amide bonds. The van der Waals surface area contributed by atoms with Gasteiger partial charge in [-0.1, -0.05) is 23.7 Å². The van der Waals surface area contributed by atoms with Crippen molar-refractivity contribution < 1.29 is 4.79 Å². The van der Waals surface area contributed by atoms with Gasteiger partial charge in [-0.2, -0.15) is 5.10 Å². The van der Waals surface area contributed by atoms with E-state index in [0.29, 0.717) is 16.4 Å². The molecule has 6 nitrogen and oxygen atoms in total. The summed E-state index contributed by atoms with van der Waals surface area (Å²) in [4.78, 5) is 11.9. The van der Waals surface area contributed by atoms with Gasteiger partial charge in [0.2, 0.25) is 0 Å². The van der Waals surface area contributed by atoms with E-state index < -0.39 is 0 Å². The highest BCUT2D eigenvalue weighted by Gasteiger charge is 2.04. The Hall–Kier alpha value is -2.64. The first-order chi connectivity index (χ1) is 11.4. The average Bonchev–Trinajstić information content (AvgIpc) is 2.55. The lowest BCUT2D eigenvalue weighted by atomic mass is 10.1. The number of nitrogens with one attached hydrogen (secondary N) is 3. The third-order valence-corrected chi connectivity index (χ3v) is 3.34. The molecule has 0 aromatic heterocycles. The van der Waals surface area contributed by atoms with Crippen LogP contribution in [0.15, 0.2) is 53.6 Å². The Kier molecular flexibility index (Phi) is 6.11. The van der Waals surface area contributed by atoms with Crippen molar-refractivity contribution in [2.24, 2.45) is 10.8 Å². The van der Waals surface area contributed by atoms with E-state index in [0.717, 1.165) is 11.3 Å². The number of halogens is 1. The number of amides is 2. The number of thiocarbonyl (C=S) groups is 1. The highest BCUT2D eigenvalue weighted by molar-refractivity contribution is 7.80. The number of urea groups is 1. The van der Waals surface area contributed by atoms with Gasteiger partial charge in [0.1, 0.15) is 0 Å². The molecule has 0 aliphatic rings. The van der Waals surface area contributed by atoms with Crippen molar-refractivity contribution in [3.63, 3.8) is 0 Å². The van der Waals surface area contributed by atoms with E-state index >= 15 is 0 Å². The third kappa shape index (κ3) is 5.53. The number of hydrogen-bond donors (Lipinski definition) is 4. The summed E-state index contributed by atoms with van der Waals surface area (Å²) in [7, 11) is 0. The van der Waals surface area contributed by atoms with Gasteiger partial charge in [-0.15, -0.1) is 0 Å². The highest BCUT2D eigenvalue weighted by Crippen LogP contribution is 2.15. The summed E-state index contributed by atoms with van der Waals surface area (Å²) in [5.74, 6) is 0. The molecule has 0 radical (unpaired) electrons. The van der Waals surface area contributed by atoms with Crippen LogP contribution in [0.1, 0.15) is 12.5 Å². The first-order valence-corrected chi connectivity index (χ1v) is 7.76. The number of hydrazone groups is 1. The van der Waals surface area contributed by atoms with Gasteiger partial charge >= 0.3 is 6.03 Å². The maximum atomic E-state index is 11.9. The van der Waals surface area contributed by atoms with Crippen molar-refractivity contribution in [2.75, 3.05) is 10.6 Å². The molecule has 2 aromatic carbocycles. The summed E-state index contributed by atoms with van der Waals surface area (Å²) in [6.07, 6.45) is 0. The summed E-state index contributed by atoms with van der Waals surface area (Å²) in [5, 5.41) is 10.2. The maximum Gasteiger partial charge on any atom is 0.323 e. The number of benzene rings is 2. The molecule has 24 heavy (non-hydrogen) atoms. The van der Waals surface area contributed by atoms with Crippen molar-refractivity contribution in [3.05, 3.63) is 59.1 Å². The van der Waals surface area contributed by atoms with Gasteiger partial charge in [0.05, 0.1) is 5.71 Å². The van der Waals surface area contributed by atoms with Crippen molar-refractivity contribution in [1.29, 1.82) is 0 Å². The molecule has 0 fully saturated rings. The summed E-state index contributed by atoms with van der Waals surface area (Å²) < 4.78 is 0. The van der Waals surface area contributed by atoms with Gasteiger partial charge in [-0.3, -0.25) is 5.43 Å². The lowest BCUT2D eigenvalue weighted by molar-refractivity contribution is 0.262. The summed E-state index contributed by atoms with van der Waals surface area (Å²) in [6, 6.07) is 13.7. The lowest BCUT2D eigenvalue weighted by Gasteiger charge is -2.08. The number of carbonyl (C=O) groups excluding carboxylic acids is 1. The third-order valence-electron chi connectivity index (χ3n) is 3.00. The molecule has 0 spiro atoms. The largest absolute Gasteiger partial charge is 0.375 e. The van der Waals surface area contributed by atoms with Crippen LogP contribution in [0.4, 0.5) is 16.2 Å². The Balaban J connectivity index is 1.95. The number of nitrogens with two attached hydrogens (primary N) is 1. The molecule has 0 unspecified atom stereocenters. The van der Waals surface area contributed by atoms with Crippen LogP contribution in [0.5, 0.6) is 0 Å². The monoisotopic (exact) mass is 361 g/mol. The van der Waals surface area contributed by atoms with Gasteiger partial charge in [0.25, 0.3) is 0 Å². The summed E-state index contributed by atoms with van der Waals surface area (Å²) in [6.45, 7) is 1.82. The van der Waals surface area contributed by atoms with Crippen LogP contribution in [0.3, 0.4) is 0 Å². The summed E-state index contributed by atoms with van der Waals surface area (Å²) in [5.41, 5.74) is 10.8. The first kappa shape index (κ1) is 17.7. The van der Waals surface area contributed by atoms with E-state index in [2.05, 4.69) is 21.2 Å². The zero-order valence-corrected chi connectivity index (χ0v) is 14.4. The van der Waals surface area contributed by atoms with Crippen molar-refractivity contribution >= 4 is 52.0 Å². The van der Waals surface area contributed by atoms with Crippen LogP contribution in [-0.4, -0.2) is 16.9 Å². The standard InChI is InChI=1S/C16H16ClN5OS/c1-10(21-22-15(18)24)11-2-6-13(7-3-11)19-16(23)20-14-8-4-12(17)5-9-14/h2-9H,1H3,(H3,18,22,24)(H2,19,20,23)/b21-10-. The molecule has 0 heterocycles. The normalized spacial score (nSPS) is 10.8. The quantitative estimate of drug-likeness (QED) is 0.381. The smallest absolute Gasteiger partial charge is 0.323 e. The molecule has 0 aliphatic carbocycles. The van der Waals surface area contributed by atoms with E-state index in [-0.39, 0.29) is 11.1 Å². The predicted molar refractivity (Wildman–Crippen MR) is 103 cm³/mol. The molecule has 0 saturated carbocycles. The first-order valence-electron chi connectivity index (χ1n) is 6.98. The van der Waals surface area contributed by atoms with Crippen LogP contribution in [-0.2, 0) is 0 Å². The molecule has 5 N–H and O–H groups in total. The molecule has 124 valence electrons. The van der Waals surface area contributed by atoms with Crippen LogP contribution in [0.2, 0.25) is 5.02 Å². The van der Waals surface area contributed by atoms with Gasteiger partial charge in [-0.25, -0.2) is 4.79 Å². The van der Waals surface area contributed by atoms with Gasteiger partial charge in [0.15, 0.2) is 5.11 Å². The molecule has 0 aliphatic heterocycles. The molecular formula is C16H16ClN5OS. The van der Waals surface area contributed by atoms with Gasteiger partial charge in [0, 0.05) is 16.4 Å². The van der Waals surface area contributed by atoms with E-state index in [1.54, 1.807) is 36.4 Å². The number of rotatable bonds is 4. The molecule has 0 saturated heterocycles. The van der Waals surface area contributed by atoms with E-state index in [4.69, 9.17) is 29.6 Å². The molecule has 0 bridgehead atoms. The zero-order chi connectivity index (χ0) is 17.5. The van der Waals surface area contributed by atoms with E-state index in [1.807, 2.05) is 19.1 Å². The van der Waals surface area contributed by atoms with Crippen molar-refractivity contribution in [2.45, 2.75) is 6.92 Å². The Labute approximate surface area is 150 Å². The van der Waals surface area contributed by atoms with Crippen molar-refractivity contribution in [1.82, 2.24) is 5.43 Å². The fourth-order valence-corrected chi connectivity index (χ4v) is 2.00. The highest BCUT2D eigenvalue weighted by atomic mass is 35.5. The average molecular weight is 362 g/mol. The Morgan fingerprint density at radius 3 is 2.04 bits per heavy atom. The number of hydrogen-bond acceptors (Lipinski definition) is 3. The molecule has 2 rings (SSSR count). The Morgan fingerprint density at radius 2 is 1.54 bits per heavy atom. The number of nitrogens with zero attached hydrogens (tertiary/aromatic N) is 1. The predicted octanol–water partition coefficient (Wildman–Crippen LogP) is 3.54. The van der Waals surface area contributed by atoms with Gasteiger partial charge in [-0.05, 0) is 61.1 Å². The number of anilines is 2. The minimum atomic E-state index is -0.342. The number of carbonyl (C=O) groups is 1. The minimum Gasteiger partial charge on any atom is -0.375 e. The second kappa shape index (κ2) is 8.28. The molecule has 2 aromatic rings. The van der Waals surface area contributed by atoms with Crippen LogP contribution in [0, 0.1) is 0 Å². The second-order valence-electron chi connectivity index (χ2n) is 4.84.